The first-order valence-electron chi connectivity index (χ1n) is 6.70. The predicted molar refractivity (Wildman–Crippen MR) is 79.3 cm³/mol. The van der Waals surface area contributed by atoms with Crippen molar-refractivity contribution in [3.05, 3.63) is 42.5 Å². The molecule has 1 unspecified atom stereocenters. The monoisotopic (exact) mass is 258 g/mol. The van der Waals surface area contributed by atoms with Crippen LogP contribution in [-0.4, -0.2) is 29.4 Å². The van der Waals surface area contributed by atoms with Crippen LogP contribution in [0.5, 0.6) is 0 Å². The van der Waals surface area contributed by atoms with Gasteiger partial charge in [-0.15, -0.1) is 6.58 Å². The summed E-state index contributed by atoms with van der Waals surface area (Å²) >= 11 is 0. The molecule has 0 aromatic heterocycles. The molecule has 1 heterocycles. The zero-order chi connectivity index (χ0) is 14.0. The number of nitrogens with one attached hydrogen (secondary N) is 1. The van der Waals surface area contributed by atoms with Crippen molar-refractivity contribution in [3.63, 3.8) is 0 Å². The molecule has 1 aromatic carbocycles. The maximum absolute atomic E-state index is 12.8. The summed E-state index contributed by atoms with van der Waals surface area (Å²) in [5, 5.41) is 3.31. The van der Waals surface area contributed by atoms with E-state index in [0.29, 0.717) is 13.1 Å². The molecule has 0 spiro atoms. The van der Waals surface area contributed by atoms with E-state index in [1.54, 1.807) is 6.08 Å². The number of carbonyl (C=O) groups is 1. The molecule has 102 valence electrons. The standard InChI is InChI=1S/C16H22N2O/c1-5-10-18(16(2,3)4)15(19)13-11-17-14-9-7-6-8-12(13)14/h5-9,13,17H,1,10-11H2,2-4H3. The molecule has 0 saturated heterocycles. The smallest absolute Gasteiger partial charge is 0.232 e. The summed E-state index contributed by atoms with van der Waals surface area (Å²) in [5.74, 6) is 0.0835. The van der Waals surface area contributed by atoms with Crippen LogP contribution < -0.4 is 5.32 Å². The number of rotatable bonds is 3. The van der Waals surface area contributed by atoms with Gasteiger partial charge in [0.25, 0.3) is 0 Å². The molecule has 1 atom stereocenters. The van der Waals surface area contributed by atoms with Gasteiger partial charge in [0.1, 0.15) is 0 Å². The molecule has 1 N–H and O–H groups in total. The molecule has 0 fully saturated rings. The second-order valence-electron chi connectivity index (χ2n) is 5.93. The van der Waals surface area contributed by atoms with Gasteiger partial charge >= 0.3 is 0 Å². The van der Waals surface area contributed by atoms with Gasteiger partial charge in [-0.05, 0) is 32.4 Å². The summed E-state index contributed by atoms with van der Waals surface area (Å²) in [6, 6.07) is 8.04. The van der Waals surface area contributed by atoms with E-state index in [1.807, 2.05) is 29.2 Å². The highest BCUT2D eigenvalue weighted by molar-refractivity contribution is 5.88. The van der Waals surface area contributed by atoms with Crippen molar-refractivity contribution in [2.24, 2.45) is 0 Å². The van der Waals surface area contributed by atoms with Crippen molar-refractivity contribution >= 4 is 11.6 Å². The molecule has 1 amide bonds. The van der Waals surface area contributed by atoms with E-state index in [0.717, 1.165) is 11.3 Å². The van der Waals surface area contributed by atoms with Crippen LogP contribution >= 0.6 is 0 Å². The summed E-state index contributed by atoms with van der Waals surface area (Å²) in [5.41, 5.74) is 1.99. The van der Waals surface area contributed by atoms with Crippen molar-refractivity contribution < 1.29 is 4.79 Å². The van der Waals surface area contributed by atoms with Crippen LogP contribution in [0.1, 0.15) is 32.3 Å². The van der Waals surface area contributed by atoms with Gasteiger partial charge in [0.2, 0.25) is 5.91 Å². The minimum Gasteiger partial charge on any atom is -0.384 e. The van der Waals surface area contributed by atoms with Gasteiger partial charge in [0.15, 0.2) is 0 Å². The molecule has 19 heavy (non-hydrogen) atoms. The Morgan fingerprint density at radius 2 is 2.16 bits per heavy atom. The number of benzene rings is 1. The lowest BCUT2D eigenvalue weighted by atomic mass is 9.96. The third kappa shape index (κ3) is 2.65. The molecule has 3 heteroatoms. The van der Waals surface area contributed by atoms with E-state index in [-0.39, 0.29) is 17.4 Å². The van der Waals surface area contributed by atoms with Crippen LogP contribution in [0, 0.1) is 0 Å². The lowest BCUT2D eigenvalue weighted by Gasteiger charge is -2.36. The zero-order valence-corrected chi connectivity index (χ0v) is 11.9. The zero-order valence-electron chi connectivity index (χ0n) is 11.9. The second-order valence-corrected chi connectivity index (χ2v) is 5.93. The quantitative estimate of drug-likeness (QED) is 0.845. The molecule has 3 nitrogen and oxygen atoms in total. The van der Waals surface area contributed by atoms with Gasteiger partial charge < -0.3 is 10.2 Å². The molecule has 0 bridgehead atoms. The van der Waals surface area contributed by atoms with E-state index in [4.69, 9.17) is 0 Å². The minimum atomic E-state index is -0.192. The van der Waals surface area contributed by atoms with E-state index >= 15 is 0 Å². The predicted octanol–water partition coefficient (Wildman–Crippen LogP) is 3.01. The Hall–Kier alpha value is -1.77. The molecular formula is C16H22N2O. The van der Waals surface area contributed by atoms with Crippen LogP contribution in [0.15, 0.2) is 36.9 Å². The Labute approximate surface area is 115 Å². The fourth-order valence-electron chi connectivity index (χ4n) is 2.52. The number of nitrogens with zero attached hydrogens (tertiary/aromatic N) is 1. The summed E-state index contributed by atoms with van der Waals surface area (Å²) < 4.78 is 0. The summed E-state index contributed by atoms with van der Waals surface area (Å²) in [4.78, 5) is 14.7. The number of anilines is 1. The van der Waals surface area contributed by atoms with Gasteiger partial charge in [-0.3, -0.25) is 4.79 Å². The van der Waals surface area contributed by atoms with Crippen LogP contribution in [0.25, 0.3) is 0 Å². The first kappa shape index (κ1) is 13.7. The number of amides is 1. The minimum absolute atomic E-state index is 0.0876. The van der Waals surface area contributed by atoms with Gasteiger partial charge in [0, 0.05) is 24.3 Å². The van der Waals surface area contributed by atoms with Crippen molar-refractivity contribution in [2.45, 2.75) is 32.2 Å². The average molecular weight is 258 g/mol. The summed E-state index contributed by atoms with van der Waals surface area (Å²) in [7, 11) is 0. The summed E-state index contributed by atoms with van der Waals surface area (Å²) in [6.45, 7) is 11.2. The molecule has 1 aliphatic rings. The highest BCUT2D eigenvalue weighted by atomic mass is 16.2. The largest absolute Gasteiger partial charge is 0.384 e. The molecular weight excluding hydrogens is 236 g/mol. The van der Waals surface area contributed by atoms with Gasteiger partial charge in [-0.2, -0.15) is 0 Å². The molecule has 1 aromatic rings. The third-order valence-corrected chi connectivity index (χ3v) is 3.52. The van der Waals surface area contributed by atoms with Crippen LogP contribution in [0.3, 0.4) is 0 Å². The van der Waals surface area contributed by atoms with Gasteiger partial charge in [-0.25, -0.2) is 0 Å². The molecule has 0 aliphatic carbocycles. The number of fused-ring (bicyclic) bond motifs is 1. The van der Waals surface area contributed by atoms with Crippen molar-refractivity contribution in [1.82, 2.24) is 4.90 Å². The van der Waals surface area contributed by atoms with Crippen LogP contribution in [0.4, 0.5) is 5.69 Å². The van der Waals surface area contributed by atoms with Gasteiger partial charge in [-0.1, -0.05) is 24.3 Å². The highest BCUT2D eigenvalue weighted by Crippen LogP contribution is 2.33. The van der Waals surface area contributed by atoms with Crippen LogP contribution in [0.2, 0.25) is 0 Å². The Bertz CT molecular complexity index is 488. The molecule has 2 rings (SSSR count). The molecule has 0 saturated carbocycles. The van der Waals surface area contributed by atoms with Crippen molar-refractivity contribution in [2.75, 3.05) is 18.4 Å². The van der Waals surface area contributed by atoms with Crippen molar-refractivity contribution in [1.29, 1.82) is 0 Å². The second kappa shape index (κ2) is 5.08. The maximum Gasteiger partial charge on any atom is 0.232 e. The number of hydrogen-bond donors (Lipinski definition) is 1. The normalized spacial score (nSPS) is 17.5. The van der Waals surface area contributed by atoms with E-state index in [9.17, 15) is 4.79 Å². The average Bonchev–Trinajstić information content (AvgIpc) is 2.77. The fourth-order valence-corrected chi connectivity index (χ4v) is 2.52. The topological polar surface area (TPSA) is 32.3 Å². The Morgan fingerprint density at radius 3 is 2.79 bits per heavy atom. The van der Waals surface area contributed by atoms with E-state index < -0.39 is 0 Å². The third-order valence-electron chi connectivity index (χ3n) is 3.52. The number of hydrogen-bond acceptors (Lipinski definition) is 2. The lowest BCUT2D eigenvalue weighted by Crippen LogP contribution is -2.48. The van der Waals surface area contributed by atoms with Crippen molar-refractivity contribution in [3.8, 4) is 0 Å². The number of carbonyl (C=O) groups excluding carboxylic acids is 1. The Balaban J connectivity index is 2.27. The van der Waals surface area contributed by atoms with Gasteiger partial charge in [0.05, 0.1) is 5.92 Å². The molecule has 1 aliphatic heterocycles. The Kier molecular flexibility index (Phi) is 3.65. The number of para-hydroxylation sites is 1. The van der Waals surface area contributed by atoms with E-state index in [1.165, 1.54) is 0 Å². The highest BCUT2D eigenvalue weighted by Gasteiger charge is 2.35. The lowest BCUT2D eigenvalue weighted by molar-refractivity contribution is -0.136. The summed E-state index contributed by atoms with van der Waals surface area (Å²) in [6.07, 6.45) is 1.79. The first-order valence-corrected chi connectivity index (χ1v) is 6.70. The van der Waals surface area contributed by atoms with E-state index in [2.05, 4.69) is 32.7 Å². The first-order chi connectivity index (χ1) is 8.95. The maximum atomic E-state index is 12.8. The molecule has 0 radical (unpaired) electrons. The Morgan fingerprint density at radius 1 is 1.47 bits per heavy atom. The van der Waals surface area contributed by atoms with Crippen LogP contribution in [-0.2, 0) is 4.79 Å². The fraction of sp³-hybridized carbons (Fsp3) is 0.438. The SMILES string of the molecule is C=CCN(C(=O)C1CNc2ccccc21)C(C)(C)C.